The Bertz CT molecular complexity index is 367. The van der Waals surface area contributed by atoms with Crippen LogP contribution in [0.4, 0.5) is 11.5 Å². The van der Waals surface area contributed by atoms with Gasteiger partial charge in [0.2, 0.25) is 0 Å². The monoisotopic (exact) mass is 221 g/mol. The van der Waals surface area contributed by atoms with Gasteiger partial charge >= 0.3 is 0 Å². The lowest BCUT2D eigenvalue weighted by atomic mass is 10.0. The molecule has 0 radical (unpaired) electrons. The summed E-state index contributed by atoms with van der Waals surface area (Å²) in [7, 11) is 0. The predicted octanol–water partition coefficient (Wildman–Crippen LogP) is 1.32. The number of nitrogens with two attached hydrogens (primary N) is 1. The van der Waals surface area contributed by atoms with Crippen molar-refractivity contribution >= 4 is 11.5 Å². The Morgan fingerprint density at radius 3 is 3.00 bits per heavy atom. The number of aromatic nitrogens is 1. The van der Waals surface area contributed by atoms with Gasteiger partial charge in [0.1, 0.15) is 5.82 Å². The Kier molecular flexibility index (Phi) is 3.29. The molecule has 1 unspecified atom stereocenters. The minimum atomic E-state index is 0.200. The van der Waals surface area contributed by atoms with Gasteiger partial charge in [-0.2, -0.15) is 0 Å². The molecule has 1 aliphatic heterocycles. The fourth-order valence-corrected chi connectivity index (χ4v) is 2.21. The van der Waals surface area contributed by atoms with Gasteiger partial charge in [-0.3, -0.25) is 0 Å². The number of aliphatic hydroxyl groups excluding tert-OH is 1. The number of nitrogen functional groups attached to an aromatic ring is 1. The van der Waals surface area contributed by atoms with Crippen LogP contribution in [0.3, 0.4) is 0 Å². The van der Waals surface area contributed by atoms with Crippen LogP contribution in [0.2, 0.25) is 0 Å². The van der Waals surface area contributed by atoms with E-state index in [1.165, 1.54) is 12.8 Å². The van der Waals surface area contributed by atoms with Crippen molar-refractivity contribution in [2.75, 3.05) is 23.8 Å². The molecule has 0 aromatic carbocycles. The second kappa shape index (κ2) is 4.70. The van der Waals surface area contributed by atoms with E-state index in [4.69, 9.17) is 5.73 Å². The Labute approximate surface area is 96.1 Å². The van der Waals surface area contributed by atoms with Crippen LogP contribution in [0.1, 0.15) is 25.0 Å². The van der Waals surface area contributed by atoms with Crippen LogP contribution in [0, 0.1) is 6.92 Å². The minimum absolute atomic E-state index is 0.200. The van der Waals surface area contributed by atoms with Crippen molar-refractivity contribution in [1.82, 2.24) is 4.98 Å². The van der Waals surface area contributed by atoms with Crippen molar-refractivity contribution in [3.05, 3.63) is 17.8 Å². The van der Waals surface area contributed by atoms with E-state index >= 15 is 0 Å². The summed E-state index contributed by atoms with van der Waals surface area (Å²) in [6, 6.07) is 4.04. The molecule has 2 heterocycles. The van der Waals surface area contributed by atoms with Crippen molar-refractivity contribution in [2.45, 2.75) is 32.2 Å². The Morgan fingerprint density at radius 1 is 1.50 bits per heavy atom. The standard InChI is InChI=1S/C12H19N3O/c1-9-11(13)5-6-12(14-9)15-7-3-2-4-10(15)8-16/h5-6,10,16H,2-4,7-8,13H2,1H3. The second-order valence-electron chi connectivity index (χ2n) is 4.37. The van der Waals surface area contributed by atoms with Gasteiger partial charge in [0, 0.05) is 6.54 Å². The molecule has 1 aromatic rings. The highest BCUT2D eigenvalue weighted by Gasteiger charge is 2.22. The van der Waals surface area contributed by atoms with E-state index in [0.717, 1.165) is 30.2 Å². The number of nitrogens with zero attached hydrogens (tertiary/aromatic N) is 2. The molecule has 0 saturated carbocycles. The normalized spacial score (nSPS) is 21.1. The van der Waals surface area contributed by atoms with E-state index in [-0.39, 0.29) is 12.6 Å². The van der Waals surface area contributed by atoms with Gasteiger partial charge in [-0.05, 0) is 38.3 Å². The highest BCUT2D eigenvalue weighted by atomic mass is 16.3. The fraction of sp³-hybridized carbons (Fsp3) is 0.583. The zero-order chi connectivity index (χ0) is 11.5. The quantitative estimate of drug-likeness (QED) is 0.790. The molecular weight excluding hydrogens is 202 g/mol. The van der Waals surface area contributed by atoms with Crippen molar-refractivity contribution in [3.63, 3.8) is 0 Å². The van der Waals surface area contributed by atoms with Crippen LogP contribution in [0.15, 0.2) is 12.1 Å². The smallest absolute Gasteiger partial charge is 0.129 e. The molecule has 1 fully saturated rings. The molecular formula is C12H19N3O. The summed E-state index contributed by atoms with van der Waals surface area (Å²) in [5.74, 6) is 0.936. The fourth-order valence-electron chi connectivity index (χ4n) is 2.21. The van der Waals surface area contributed by atoms with Crippen LogP contribution in [0.25, 0.3) is 0 Å². The van der Waals surface area contributed by atoms with E-state index in [1.807, 2.05) is 19.1 Å². The van der Waals surface area contributed by atoms with Crippen LogP contribution in [0.5, 0.6) is 0 Å². The first kappa shape index (κ1) is 11.2. The molecule has 4 nitrogen and oxygen atoms in total. The lowest BCUT2D eigenvalue weighted by molar-refractivity contribution is 0.239. The van der Waals surface area contributed by atoms with E-state index in [1.54, 1.807) is 0 Å². The third kappa shape index (κ3) is 2.11. The third-order valence-electron chi connectivity index (χ3n) is 3.24. The summed E-state index contributed by atoms with van der Waals surface area (Å²) in [5.41, 5.74) is 7.34. The van der Waals surface area contributed by atoms with Crippen LogP contribution in [-0.2, 0) is 0 Å². The minimum Gasteiger partial charge on any atom is -0.397 e. The highest BCUT2D eigenvalue weighted by Crippen LogP contribution is 2.24. The number of piperidine rings is 1. The number of rotatable bonds is 2. The van der Waals surface area contributed by atoms with Crippen LogP contribution in [-0.4, -0.2) is 29.3 Å². The van der Waals surface area contributed by atoms with Crippen molar-refractivity contribution < 1.29 is 5.11 Å². The third-order valence-corrected chi connectivity index (χ3v) is 3.24. The predicted molar refractivity (Wildman–Crippen MR) is 65.5 cm³/mol. The molecule has 3 N–H and O–H groups in total. The van der Waals surface area contributed by atoms with E-state index in [9.17, 15) is 5.11 Å². The molecule has 1 atom stereocenters. The van der Waals surface area contributed by atoms with E-state index in [0.29, 0.717) is 0 Å². The van der Waals surface area contributed by atoms with E-state index in [2.05, 4.69) is 9.88 Å². The molecule has 0 spiro atoms. The lowest BCUT2D eigenvalue weighted by Crippen LogP contribution is -2.42. The summed E-state index contributed by atoms with van der Waals surface area (Å²) in [4.78, 5) is 6.67. The second-order valence-corrected chi connectivity index (χ2v) is 4.37. The van der Waals surface area contributed by atoms with E-state index < -0.39 is 0 Å². The molecule has 88 valence electrons. The number of hydrogen-bond acceptors (Lipinski definition) is 4. The van der Waals surface area contributed by atoms with Gasteiger partial charge in [0.15, 0.2) is 0 Å². The average Bonchev–Trinajstić information content (AvgIpc) is 2.32. The number of aliphatic hydroxyl groups is 1. The summed E-state index contributed by atoms with van der Waals surface area (Å²) in [5, 5.41) is 9.35. The van der Waals surface area contributed by atoms with Gasteiger partial charge < -0.3 is 15.7 Å². The molecule has 4 heteroatoms. The van der Waals surface area contributed by atoms with Gasteiger partial charge in [0.05, 0.1) is 24.0 Å². The number of anilines is 2. The molecule has 16 heavy (non-hydrogen) atoms. The largest absolute Gasteiger partial charge is 0.397 e. The first-order valence-corrected chi connectivity index (χ1v) is 5.83. The topological polar surface area (TPSA) is 62.4 Å². The molecule has 1 saturated heterocycles. The Morgan fingerprint density at radius 2 is 2.31 bits per heavy atom. The summed E-state index contributed by atoms with van der Waals surface area (Å²) < 4.78 is 0. The maximum Gasteiger partial charge on any atom is 0.129 e. The number of hydrogen-bond donors (Lipinski definition) is 2. The number of aryl methyl sites for hydroxylation is 1. The highest BCUT2D eigenvalue weighted by molar-refractivity contribution is 5.51. The first-order valence-electron chi connectivity index (χ1n) is 5.83. The molecule has 0 bridgehead atoms. The lowest BCUT2D eigenvalue weighted by Gasteiger charge is -2.35. The summed E-state index contributed by atoms with van der Waals surface area (Å²) >= 11 is 0. The van der Waals surface area contributed by atoms with Gasteiger partial charge in [0.25, 0.3) is 0 Å². The van der Waals surface area contributed by atoms with Crippen molar-refractivity contribution in [2.24, 2.45) is 0 Å². The molecule has 1 aromatic heterocycles. The van der Waals surface area contributed by atoms with Crippen molar-refractivity contribution in [1.29, 1.82) is 0 Å². The van der Waals surface area contributed by atoms with Gasteiger partial charge in [-0.1, -0.05) is 0 Å². The van der Waals surface area contributed by atoms with Gasteiger partial charge in [-0.25, -0.2) is 4.98 Å². The first-order chi connectivity index (χ1) is 7.72. The van der Waals surface area contributed by atoms with Crippen molar-refractivity contribution in [3.8, 4) is 0 Å². The maximum absolute atomic E-state index is 9.35. The Balaban J connectivity index is 2.23. The van der Waals surface area contributed by atoms with Gasteiger partial charge in [-0.15, -0.1) is 0 Å². The summed E-state index contributed by atoms with van der Waals surface area (Å²) in [6.45, 7) is 3.09. The Hall–Kier alpha value is -1.29. The average molecular weight is 221 g/mol. The maximum atomic E-state index is 9.35. The SMILES string of the molecule is Cc1nc(N2CCCCC2CO)ccc1N. The number of pyridine rings is 1. The summed E-state index contributed by atoms with van der Waals surface area (Å²) in [6.07, 6.45) is 3.40. The zero-order valence-corrected chi connectivity index (χ0v) is 9.69. The molecule has 0 aliphatic carbocycles. The molecule has 2 rings (SSSR count). The zero-order valence-electron chi connectivity index (χ0n) is 9.69. The molecule has 0 amide bonds. The van der Waals surface area contributed by atoms with Crippen LogP contribution >= 0.6 is 0 Å². The van der Waals surface area contributed by atoms with Crippen LogP contribution < -0.4 is 10.6 Å². The molecule has 1 aliphatic rings.